The number of esters is 1. The van der Waals surface area contributed by atoms with Crippen molar-refractivity contribution >= 4 is 23.6 Å². The number of hydrogen-bond acceptors (Lipinski definition) is 4. The van der Waals surface area contributed by atoms with Gasteiger partial charge in [-0.3, -0.25) is 4.79 Å². The fraction of sp³-hybridized carbons (Fsp3) is 0.304. The van der Waals surface area contributed by atoms with Crippen LogP contribution in [-0.4, -0.2) is 25.1 Å². The van der Waals surface area contributed by atoms with E-state index in [9.17, 15) is 9.59 Å². The predicted octanol–water partition coefficient (Wildman–Crippen LogP) is 4.79. The van der Waals surface area contributed by atoms with Crippen LogP contribution in [0.5, 0.6) is 5.75 Å². The Labute approximate surface area is 166 Å². The minimum absolute atomic E-state index is 0.330. The summed E-state index contributed by atoms with van der Waals surface area (Å²) in [5, 5.41) is 2.82. The molecule has 148 valence electrons. The Morgan fingerprint density at radius 2 is 1.79 bits per heavy atom. The average molecular weight is 381 g/mol. The predicted molar refractivity (Wildman–Crippen MR) is 111 cm³/mol. The van der Waals surface area contributed by atoms with Crippen LogP contribution in [0.3, 0.4) is 0 Å². The Morgan fingerprint density at radius 1 is 1.07 bits per heavy atom. The lowest BCUT2D eigenvalue weighted by Crippen LogP contribution is -2.21. The second-order valence-electron chi connectivity index (χ2n) is 6.39. The monoisotopic (exact) mass is 381 g/mol. The van der Waals surface area contributed by atoms with Crippen LogP contribution in [-0.2, 0) is 14.3 Å². The van der Waals surface area contributed by atoms with Gasteiger partial charge >= 0.3 is 5.97 Å². The number of nitrogens with one attached hydrogen (secondary N) is 1. The molecular weight excluding hydrogens is 354 g/mol. The zero-order valence-corrected chi connectivity index (χ0v) is 16.6. The van der Waals surface area contributed by atoms with Gasteiger partial charge in [0.25, 0.3) is 5.91 Å². The number of amides is 1. The van der Waals surface area contributed by atoms with E-state index in [-0.39, 0.29) is 12.5 Å². The molecule has 0 spiro atoms. The van der Waals surface area contributed by atoms with E-state index in [1.165, 1.54) is 6.08 Å². The first-order valence-electron chi connectivity index (χ1n) is 9.50. The first kappa shape index (κ1) is 21.2. The van der Waals surface area contributed by atoms with Gasteiger partial charge in [-0.05, 0) is 54.7 Å². The molecule has 1 atom stereocenters. The zero-order chi connectivity index (χ0) is 20.4. The van der Waals surface area contributed by atoms with Crippen molar-refractivity contribution in [3.8, 4) is 5.75 Å². The van der Waals surface area contributed by atoms with Gasteiger partial charge in [-0.2, -0.15) is 0 Å². The second kappa shape index (κ2) is 10.9. The summed E-state index contributed by atoms with van der Waals surface area (Å²) in [6, 6.07) is 15.0. The van der Waals surface area contributed by atoms with Crippen LogP contribution in [0, 0.1) is 0 Å². The molecule has 28 heavy (non-hydrogen) atoms. The fourth-order valence-electron chi connectivity index (χ4n) is 2.64. The molecule has 0 saturated carbocycles. The van der Waals surface area contributed by atoms with E-state index < -0.39 is 5.97 Å². The van der Waals surface area contributed by atoms with Crippen LogP contribution >= 0.6 is 0 Å². The fourth-order valence-corrected chi connectivity index (χ4v) is 2.64. The highest BCUT2D eigenvalue weighted by molar-refractivity contribution is 5.95. The summed E-state index contributed by atoms with van der Waals surface area (Å²) in [5.41, 5.74) is 2.66. The van der Waals surface area contributed by atoms with Gasteiger partial charge in [0.2, 0.25) is 0 Å². The Hall–Kier alpha value is -3.08. The van der Waals surface area contributed by atoms with Gasteiger partial charge in [-0.25, -0.2) is 4.79 Å². The maximum absolute atomic E-state index is 12.1. The number of rotatable bonds is 9. The lowest BCUT2D eigenvalue weighted by molar-refractivity contribution is -0.142. The molecule has 2 rings (SSSR count). The topological polar surface area (TPSA) is 64.6 Å². The molecule has 0 heterocycles. The molecule has 1 N–H and O–H groups in total. The molecule has 2 aromatic rings. The van der Waals surface area contributed by atoms with E-state index in [1.54, 1.807) is 6.08 Å². The maximum Gasteiger partial charge on any atom is 0.331 e. The molecule has 0 fully saturated rings. The molecule has 0 aromatic heterocycles. The number of carbonyl (C=O) groups is 2. The summed E-state index contributed by atoms with van der Waals surface area (Å²) in [4.78, 5) is 24.0. The van der Waals surface area contributed by atoms with Crippen molar-refractivity contribution < 1.29 is 19.1 Å². The van der Waals surface area contributed by atoms with Crippen molar-refractivity contribution in [2.24, 2.45) is 0 Å². The largest absolute Gasteiger partial charge is 0.494 e. The molecular formula is C23H27NO4. The lowest BCUT2D eigenvalue weighted by atomic mass is 9.97. The Balaban J connectivity index is 1.85. The molecule has 5 heteroatoms. The first-order valence-corrected chi connectivity index (χ1v) is 9.50. The highest BCUT2D eigenvalue weighted by Crippen LogP contribution is 2.26. The third-order valence-corrected chi connectivity index (χ3v) is 4.33. The minimum Gasteiger partial charge on any atom is -0.494 e. The van der Waals surface area contributed by atoms with Gasteiger partial charge in [0, 0.05) is 11.8 Å². The molecule has 2 aromatic carbocycles. The van der Waals surface area contributed by atoms with Crippen LogP contribution in [0.4, 0.5) is 5.69 Å². The van der Waals surface area contributed by atoms with E-state index in [0.29, 0.717) is 12.5 Å². The standard InChI is InChI=1S/C23H27NO4/c1-4-17(3)20-8-6-7-9-21(20)24-22(25)16-28-23(26)15-12-18-10-13-19(14-11-18)27-5-2/h6-15,17H,4-5,16H2,1-3H3,(H,24,25)/b15-12+/t17-/m1/s1. The maximum atomic E-state index is 12.1. The quantitative estimate of drug-likeness (QED) is 0.501. The van der Waals surface area contributed by atoms with E-state index >= 15 is 0 Å². The van der Waals surface area contributed by atoms with Crippen molar-refractivity contribution in [3.05, 3.63) is 65.7 Å². The van der Waals surface area contributed by atoms with Gasteiger partial charge in [0.05, 0.1) is 6.61 Å². The first-order chi connectivity index (χ1) is 13.5. The molecule has 0 radical (unpaired) electrons. The summed E-state index contributed by atoms with van der Waals surface area (Å²) in [5.74, 6) is 0.172. The number of anilines is 1. The Kier molecular flexibility index (Phi) is 8.28. The van der Waals surface area contributed by atoms with Gasteiger partial charge in [0.15, 0.2) is 6.61 Å². The zero-order valence-electron chi connectivity index (χ0n) is 16.6. The number of hydrogen-bond donors (Lipinski definition) is 1. The van der Waals surface area contributed by atoms with Crippen molar-refractivity contribution in [2.45, 2.75) is 33.1 Å². The summed E-state index contributed by atoms with van der Waals surface area (Å²) >= 11 is 0. The van der Waals surface area contributed by atoms with Crippen LogP contribution in [0.2, 0.25) is 0 Å². The van der Waals surface area contributed by atoms with E-state index in [2.05, 4.69) is 19.2 Å². The van der Waals surface area contributed by atoms with Crippen LogP contribution in [0.25, 0.3) is 6.08 Å². The number of carbonyl (C=O) groups excluding carboxylic acids is 2. The Morgan fingerprint density at radius 3 is 2.46 bits per heavy atom. The van der Waals surface area contributed by atoms with E-state index in [1.807, 2.05) is 55.5 Å². The number of para-hydroxylation sites is 1. The molecule has 5 nitrogen and oxygen atoms in total. The second-order valence-corrected chi connectivity index (χ2v) is 6.39. The molecule has 0 unspecified atom stereocenters. The number of benzene rings is 2. The minimum atomic E-state index is -0.570. The van der Waals surface area contributed by atoms with Crippen LogP contribution in [0.1, 0.15) is 44.2 Å². The van der Waals surface area contributed by atoms with E-state index in [4.69, 9.17) is 9.47 Å². The molecule has 0 aliphatic carbocycles. The normalized spacial score (nSPS) is 11.8. The average Bonchev–Trinajstić information content (AvgIpc) is 2.72. The van der Waals surface area contributed by atoms with Gasteiger partial charge in [-0.15, -0.1) is 0 Å². The third kappa shape index (κ3) is 6.58. The number of ether oxygens (including phenoxy) is 2. The van der Waals surface area contributed by atoms with Gasteiger partial charge < -0.3 is 14.8 Å². The van der Waals surface area contributed by atoms with Crippen LogP contribution in [0.15, 0.2) is 54.6 Å². The molecule has 0 bridgehead atoms. The van der Waals surface area contributed by atoms with Crippen LogP contribution < -0.4 is 10.1 Å². The van der Waals surface area contributed by atoms with Gasteiger partial charge in [-0.1, -0.05) is 44.2 Å². The Bertz CT molecular complexity index is 812. The highest BCUT2D eigenvalue weighted by atomic mass is 16.5. The van der Waals surface area contributed by atoms with Crippen molar-refractivity contribution in [2.75, 3.05) is 18.5 Å². The SMILES string of the molecule is CCOc1ccc(/C=C/C(=O)OCC(=O)Nc2ccccc2[C@H](C)CC)cc1. The molecule has 0 saturated heterocycles. The van der Waals surface area contributed by atoms with Crippen molar-refractivity contribution in [1.29, 1.82) is 0 Å². The highest BCUT2D eigenvalue weighted by Gasteiger charge is 2.12. The van der Waals surface area contributed by atoms with Crippen molar-refractivity contribution in [1.82, 2.24) is 0 Å². The van der Waals surface area contributed by atoms with Gasteiger partial charge in [0.1, 0.15) is 5.75 Å². The summed E-state index contributed by atoms with van der Waals surface area (Å²) < 4.78 is 10.4. The van der Waals surface area contributed by atoms with Crippen molar-refractivity contribution in [3.63, 3.8) is 0 Å². The molecule has 0 aliphatic rings. The molecule has 1 amide bonds. The molecule has 0 aliphatic heterocycles. The third-order valence-electron chi connectivity index (χ3n) is 4.33. The lowest BCUT2D eigenvalue weighted by Gasteiger charge is -2.15. The smallest absolute Gasteiger partial charge is 0.331 e. The van der Waals surface area contributed by atoms with E-state index in [0.717, 1.165) is 29.0 Å². The summed E-state index contributed by atoms with van der Waals surface area (Å²) in [6.45, 7) is 6.40. The summed E-state index contributed by atoms with van der Waals surface area (Å²) in [7, 11) is 0. The summed E-state index contributed by atoms with van der Waals surface area (Å²) in [6.07, 6.45) is 3.91.